The van der Waals surface area contributed by atoms with Gasteiger partial charge in [-0.1, -0.05) is 0 Å². The highest BCUT2D eigenvalue weighted by Gasteiger charge is 2.28. The Bertz CT molecular complexity index is 1170. The quantitative estimate of drug-likeness (QED) is 0.214. The van der Waals surface area contributed by atoms with Crippen molar-refractivity contribution in [1.29, 1.82) is 0 Å². The third-order valence-electron chi connectivity index (χ3n) is 4.20. The van der Waals surface area contributed by atoms with Crippen LogP contribution in [-0.4, -0.2) is 16.7 Å². The first-order valence-corrected chi connectivity index (χ1v) is 8.52. The molecular weight excluding hydrogens is 378 g/mol. The van der Waals surface area contributed by atoms with Crippen LogP contribution < -0.4 is 9.47 Å². The average molecular weight is 391 g/mol. The highest BCUT2D eigenvalue weighted by Crippen LogP contribution is 2.35. The van der Waals surface area contributed by atoms with Gasteiger partial charge >= 0.3 is 5.97 Å². The minimum atomic E-state index is -0.689. The van der Waals surface area contributed by atoms with Gasteiger partial charge in [0.05, 0.1) is 16.1 Å². The van der Waals surface area contributed by atoms with Gasteiger partial charge in [0.1, 0.15) is 23.0 Å². The van der Waals surface area contributed by atoms with Gasteiger partial charge in [0, 0.05) is 24.3 Å². The molecule has 0 radical (unpaired) electrons. The number of ether oxygens (including phenoxy) is 2. The number of allylic oxidation sites excluding steroid dienone is 1. The monoisotopic (exact) mass is 391 g/mol. The standard InChI is InChI=1S/C21H13NO7/c1-12-2-7-15(27-12)11-19-20(23)17-9-8-16(10-18(17)29-19)28-21(24)13-3-5-14(6-4-13)22(25)26/h2-11H,1H3/b19-11+. The molecule has 0 fully saturated rings. The second-order valence-electron chi connectivity index (χ2n) is 6.24. The fourth-order valence-electron chi connectivity index (χ4n) is 2.78. The third-order valence-corrected chi connectivity index (χ3v) is 4.20. The van der Waals surface area contributed by atoms with Gasteiger partial charge in [-0.3, -0.25) is 14.9 Å². The van der Waals surface area contributed by atoms with Crippen molar-refractivity contribution in [2.75, 3.05) is 0 Å². The summed E-state index contributed by atoms with van der Waals surface area (Å²) in [6, 6.07) is 13.0. The number of carbonyl (C=O) groups excluding carboxylic acids is 2. The smallest absolute Gasteiger partial charge is 0.343 e. The number of nitro benzene ring substituents is 1. The van der Waals surface area contributed by atoms with Gasteiger partial charge < -0.3 is 13.9 Å². The molecular formula is C21H13NO7. The third kappa shape index (κ3) is 3.63. The lowest BCUT2D eigenvalue weighted by Crippen LogP contribution is -2.08. The van der Waals surface area contributed by atoms with E-state index < -0.39 is 10.9 Å². The minimum absolute atomic E-state index is 0.105. The number of carbonyl (C=O) groups is 2. The van der Waals surface area contributed by atoms with Gasteiger partial charge in [-0.15, -0.1) is 0 Å². The van der Waals surface area contributed by atoms with E-state index in [1.165, 1.54) is 48.5 Å². The van der Waals surface area contributed by atoms with Gasteiger partial charge in [-0.25, -0.2) is 4.79 Å². The summed E-state index contributed by atoms with van der Waals surface area (Å²) in [6.45, 7) is 1.79. The van der Waals surface area contributed by atoms with Crippen molar-refractivity contribution in [2.45, 2.75) is 6.92 Å². The molecule has 0 bridgehead atoms. The van der Waals surface area contributed by atoms with Crippen molar-refractivity contribution in [1.82, 2.24) is 0 Å². The van der Waals surface area contributed by atoms with Crippen LogP contribution in [-0.2, 0) is 0 Å². The summed E-state index contributed by atoms with van der Waals surface area (Å²) in [4.78, 5) is 34.8. The molecule has 1 aliphatic heterocycles. The Balaban J connectivity index is 1.52. The summed E-state index contributed by atoms with van der Waals surface area (Å²) in [7, 11) is 0. The van der Waals surface area contributed by atoms with Crippen LogP contribution in [0.15, 0.2) is 64.8 Å². The first-order chi connectivity index (χ1) is 13.9. The molecule has 2 heterocycles. The maximum Gasteiger partial charge on any atom is 0.343 e. The molecule has 8 heteroatoms. The number of esters is 1. The van der Waals surface area contributed by atoms with Crippen LogP contribution in [0.1, 0.15) is 32.2 Å². The molecule has 0 saturated carbocycles. The van der Waals surface area contributed by atoms with Gasteiger partial charge in [0.2, 0.25) is 5.78 Å². The fraction of sp³-hybridized carbons (Fsp3) is 0.0476. The molecule has 1 aliphatic rings. The van der Waals surface area contributed by atoms with Crippen molar-refractivity contribution in [3.8, 4) is 11.5 Å². The van der Waals surface area contributed by atoms with Crippen LogP contribution in [0.4, 0.5) is 5.69 Å². The summed E-state index contributed by atoms with van der Waals surface area (Å²) in [5.41, 5.74) is 0.369. The molecule has 8 nitrogen and oxygen atoms in total. The van der Waals surface area contributed by atoms with Crippen molar-refractivity contribution >= 4 is 23.5 Å². The lowest BCUT2D eigenvalue weighted by atomic mass is 10.1. The Hall–Kier alpha value is -4.20. The Morgan fingerprint density at radius 2 is 1.86 bits per heavy atom. The second-order valence-corrected chi connectivity index (χ2v) is 6.24. The summed E-state index contributed by atoms with van der Waals surface area (Å²) in [5.74, 6) is 0.749. The number of Topliss-reactive ketones (excluding diaryl/α,β-unsaturated/α-hetero) is 1. The normalized spacial score (nSPS) is 13.8. The molecule has 29 heavy (non-hydrogen) atoms. The van der Waals surface area contributed by atoms with E-state index in [2.05, 4.69) is 0 Å². The fourth-order valence-corrected chi connectivity index (χ4v) is 2.78. The number of aryl methyl sites for hydroxylation is 1. The molecule has 0 spiro atoms. The van der Waals surface area contributed by atoms with E-state index in [4.69, 9.17) is 13.9 Å². The summed E-state index contributed by atoms with van der Waals surface area (Å²) < 4.78 is 16.3. The molecule has 0 amide bonds. The Morgan fingerprint density at radius 3 is 2.52 bits per heavy atom. The second kappa shape index (κ2) is 7.08. The van der Waals surface area contributed by atoms with E-state index in [-0.39, 0.29) is 34.3 Å². The number of ketones is 1. The minimum Gasteiger partial charge on any atom is -0.462 e. The zero-order valence-electron chi connectivity index (χ0n) is 15.1. The summed E-state index contributed by atoms with van der Waals surface area (Å²) in [5, 5.41) is 10.7. The first-order valence-electron chi connectivity index (χ1n) is 8.52. The van der Waals surface area contributed by atoms with E-state index >= 15 is 0 Å². The molecule has 3 aromatic rings. The van der Waals surface area contributed by atoms with E-state index in [0.29, 0.717) is 17.1 Å². The molecule has 144 valence electrons. The van der Waals surface area contributed by atoms with Crippen LogP contribution >= 0.6 is 0 Å². The van der Waals surface area contributed by atoms with Gasteiger partial charge in [0.25, 0.3) is 5.69 Å². The van der Waals surface area contributed by atoms with Crippen LogP contribution in [0.2, 0.25) is 0 Å². The topological polar surface area (TPSA) is 109 Å². The highest BCUT2D eigenvalue weighted by molar-refractivity contribution is 6.14. The number of furan rings is 1. The number of nitro groups is 1. The van der Waals surface area contributed by atoms with Crippen LogP contribution in [0.25, 0.3) is 6.08 Å². The lowest BCUT2D eigenvalue weighted by molar-refractivity contribution is -0.384. The Kier molecular flexibility index (Phi) is 4.44. The molecule has 0 unspecified atom stereocenters. The molecule has 1 aromatic heterocycles. The summed E-state index contributed by atoms with van der Waals surface area (Å²) in [6.07, 6.45) is 1.50. The van der Waals surface area contributed by atoms with E-state index in [9.17, 15) is 19.7 Å². The van der Waals surface area contributed by atoms with Gasteiger partial charge in [0.15, 0.2) is 5.76 Å². The largest absolute Gasteiger partial charge is 0.462 e. The van der Waals surface area contributed by atoms with Crippen LogP contribution in [0.3, 0.4) is 0 Å². The van der Waals surface area contributed by atoms with Crippen molar-refractivity contribution in [3.05, 3.63) is 93.1 Å². The first kappa shape index (κ1) is 18.2. The number of rotatable bonds is 4. The van der Waals surface area contributed by atoms with Gasteiger partial charge in [-0.2, -0.15) is 0 Å². The van der Waals surface area contributed by atoms with Crippen LogP contribution in [0.5, 0.6) is 11.5 Å². The number of benzene rings is 2. The number of fused-ring (bicyclic) bond motifs is 1. The van der Waals surface area contributed by atoms with Crippen molar-refractivity contribution in [2.24, 2.45) is 0 Å². The van der Waals surface area contributed by atoms with E-state index in [1.54, 1.807) is 19.1 Å². The maximum absolute atomic E-state index is 12.5. The predicted molar refractivity (Wildman–Crippen MR) is 101 cm³/mol. The van der Waals surface area contributed by atoms with Crippen molar-refractivity contribution < 1.29 is 28.4 Å². The SMILES string of the molecule is Cc1ccc(/C=C2/Oc3cc(OC(=O)c4ccc([N+](=O)[O-])cc4)ccc3C2=O)o1. The molecule has 0 saturated heterocycles. The molecule has 4 rings (SSSR count). The molecule has 0 aliphatic carbocycles. The summed E-state index contributed by atoms with van der Waals surface area (Å²) >= 11 is 0. The van der Waals surface area contributed by atoms with Gasteiger partial charge in [-0.05, 0) is 43.3 Å². The molecule has 0 atom stereocenters. The molecule has 0 N–H and O–H groups in total. The Morgan fingerprint density at radius 1 is 1.10 bits per heavy atom. The van der Waals surface area contributed by atoms with E-state index in [1.807, 2.05) is 0 Å². The Labute approximate surface area is 164 Å². The number of hydrogen-bond donors (Lipinski definition) is 0. The number of nitrogens with zero attached hydrogens (tertiary/aromatic N) is 1. The lowest BCUT2D eigenvalue weighted by Gasteiger charge is -2.05. The number of hydrogen-bond acceptors (Lipinski definition) is 7. The predicted octanol–water partition coefficient (Wildman–Crippen LogP) is 4.33. The van der Waals surface area contributed by atoms with Crippen LogP contribution in [0, 0.1) is 17.0 Å². The highest BCUT2D eigenvalue weighted by atomic mass is 16.6. The zero-order valence-corrected chi connectivity index (χ0v) is 15.1. The number of non-ortho nitro benzene ring substituents is 1. The molecule has 2 aromatic carbocycles. The maximum atomic E-state index is 12.5. The van der Waals surface area contributed by atoms with Crippen molar-refractivity contribution in [3.63, 3.8) is 0 Å². The zero-order chi connectivity index (χ0) is 20.5. The van der Waals surface area contributed by atoms with E-state index in [0.717, 1.165) is 0 Å². The average Bonchev–Trinajstić information content (AvgIpc) is 3.25.